The van der Waals surface area contributed by atoms with Gasteiger partial charge in [0.15, 0.2) is 0 Å². The summed E-state index contributed by atoms with van der Waals surface area (Å²) < 4.78 is 28.1. The van der Waals surface area contributed by atoms with E-state index in [2.05, 4.69) is 4.74 Å². The zero-order chi connectivity index (χ0) is 9.14. The molecule has 0 amide bonds. The number of hydrogen-bond donors (Lipinski definition) is 1. The number of phenolic OH excluding ortho intramolecular Hbond substituents is 1. The summed E-state index contributed by atoms with van der Waals surface area (Å²) >= 11 is 1.84. The Morgan fingerprint density at radius 1 is 1.42 bits per heavy atom. The van der Waals surface area contributed by atoms with Crippen LogP contribution in [0, 0.1) is 3.57 Å². The Morgan fingerprint density at radius 3 is 2.67 bits per heavy atom. The van der Waals surface area contributed by atoms with Gasteiger partial charge in [0.2, 0.25) is 0 Å². The smallest absolute Gasteiger partial charge is 0.387 e. The van der Waals surface area contributed by atoms with E-state index in [0.717, 1.165) is 6.07 Å². The second kappa shape index (κ2) is 3.88. The first-order valence-corrected chi connectivity index (χ1v) is 4.11. The first kappa shape index (κ1) is 9.50. The van der Waals surface area contributed by atoms with E-state index in [1.54, 1.807) is 0 Å². The maximum Gasteiger partial charge on any atom is 0.387 e. The summed E-state index contributed by atoms with van der Waals surface area (Å²) in [5.41, 5.74) is 0. The van der Waals surface area contributed by atoms with E-state index in [9.17, 15) is 8.78 Å². The second-order valence-electron chi connectivity index (χ2n) is 1.99. The maximum absolute atomic E-state index is 11.7. The third kappa shape index (κ3) is 2.47. The van der Waals surface area contributed by atoms with Crippen molar-refractivity contribution in [3.8, 4) is 11.5 Å². The second-order valence-corrected chi connectivity index (χ2v) is 3.16. The fraction of sp³-hybridized carbons (Fsp3) is 0.143. The number of phenols is 1. The molecule has 5 heteroatoms. The van der Waals surface area contributed by atoms with E-state index < -0.39 is 6.61 Å². The van der Waals surface area contributed by atoms with E-state index in [0.29, 0.717) is 3.57 Å². The fourth-order valence-electron chi connectivity index (χ4n) is 0.678. The van der Waals surface area contributed by atoms with Crippen molar-refractivity contribution in [2.45, 2.75) is 6.61 Å². The van der Waals surface area contributed by atoms with Crippen LogP contribution in [0.5, 0.6) is 11.5 Å². The minimum absolute atomic E-state index is 0.00870. The first-order valence-electron chi connectivity index (χ1n) is 3.03. The lowest BCUT2D eigenvalue weighted by Crippen LogP contribution is -2.02. The molecule has 0 atom stereocenters. The van der Waals surface area contributed by atoms with Crippen LogP contribution in [0.3, 0.4) is 0 Å². The van der Waals surface area contributed by atoms with Crippen LogP contribution in [0.2, 0.25) is 0 Å². The molecule has 0 aromatic heterocycles. The molecule has 0 fully saturated rings. The molecule has 66 valence electrons. The van der Waals surface area contributed by atoms with Gasteiger partial charge in [-0.2, -0.15) is 8.78 Å². The highest BCUT2D eigenvalue weighted by molar-refractivity contribution is 14.1. The molecule has 0 unspecified atom stereocenters. The van der Waals surface area contributed by atoms with Crippen LogP contribution in [0.1, 0.15) is 0 Å². The van der Waals surface area contributed by atoms with Crippen LogP contribution in [-0.2, 0) is 0 Å². The minimum atomic E-state index is -2.86. The summed E-state index contributed by atoms with van der Waals surface area (Å²) in [6.45, 7) is -2.86. The summed E-state index contributed by atoms with van der Waals surface area (Å²) in [7, 11) is 0. The van der Waals surface area contributed by atoms with Crippen molar-refractivity contribution < 1.29 is 18.6 Å². The standard InChI is InChI=1S/C7H5F2IO2/c8-7(9)12-6-3-4(11)1-2-5(6)10/h1-3,7,11H. The minimum Gasteiger partial charge on any atom is -0.508 e. The molecule has 0 heterocycles. The predicted octanol–water partition coefficient (Wildman–Crippen LogP) is 2.60. The Hall–Kier alpha value is -0.590. The van der Waals surface area contributed by atoms with Gasteiger partial charge in [-0.25, -0.2) is 0 Å². The molecule has 0 saturated heterocycles. The quantitative estimate of drug-likeness (QED) is 0.847. The van der Waals surface area contributed by atoms with Gasteiger partial charge in [0, 0.05) is 6.07 Å². The monoisotopic (exact) mass is 286 g/mol. The number of ether oxygens (including phenoxy) is 1. The molecular weight excluding hydrogens is 281 g/mol. The molecule has 2 nitrogen and oxygen atoms in total. The van der Waals surface area contributed by atoms with Crippen LogP contribution >= 0.6 is 22.6 Å². The summed E-state index contributed by atoms with van der Waals surface area (Å²) in [5, 5.41) is 8.92. The van der Waals surface area contributed by atoms with Crippen LogP contribution < -0.4 is 4.74 Å². The Balaban J connectivity index is 2.90. The van der Waals surface area contributed by atoms with Crippen molar-refractivity contribution in [2.24, 2.45) is 0 Å². The average Bonchev–Trinajstić information content (AvgIpc) is 1.96. The van der Waals surface area contributed by atoms with E-state index in [1.807, 2.05) is 22.6 Å². The molecule has 0 spiro atoms. The van der Waals surface area contributed by atoms with Gasteiger partial charge in [0.1, 0.15) is 11.5 Å². The van der Waals surface area contributed by atoms with Crippen LogP contribution in [0.15, 0.2) is 18.2 Å². The molecule has 1 aromatic rings. The first-order chi connectivity index (χ1) is 5.59. The van der Waals surface area contributed by atoms with Gasteiger partial charge in [0.25, 0.3) is 0 Å². The highest BCUT2D eigenvalue weighted by atomic mass is 127. The van der Waals surface area contributed by atoms with Crippen molar-refractivity contribution >= 4 is 22.6 Å². The number of benzene rings is 1. The Bertz CT molecular complexity index is 278. The molecular formula is C7H5F2IO2. The molecule has 0 aliphatic heterocycles. The van der Waals surface area contributed by atoms with Crippen molar-refractivity contribution in [2.75, 3.05) is 0 Å². The van der Waals surface area contributed by atoms with Gasteiger partial charge >= 0.3 is 6.61 Å². The SMILES string of the molecule is Oc1ccc(I)c(OC(F)F)c1. The fourth-order valence-corrected chi connectivity index (χ4v) is 1.14. The number of hydrogen-bond acceptors (Lipinski definition) is 2. The van der Waals surface area contributed by atoms with Gasteiger partial charge in [-0.1, -0.05) is 0 Å². The lowest BCUT2D eigenvalue weighted by molar-refractivity contribution is -0.0504. The highest BCUT2D eigenvalue weighted by Crippen LogP contribution is 2.26. The lowest BCUT2D eigenvalue weighted by Gasteiger charge is -2.06. The molecule has 0 aliphatic carbocycles. The Kier molecular flexibility index (Phi) is 3.07. The molecule has 0 radical (unpaired) electrons. The molecule has 12 heavy (non-hydrogen) atoms. The van der Waals surface area contributed by atoms with Crippen LogP contribution in [0.25, 0.3) is 0 Å². The number of rotatable bonds is 2. The van der Waals surface area contributed by atoms with Crippen LogP contribution in [0.4, 0.5) is 8.78 Å². The van der Waals surface area contributed by atoms with E-state index in [-0.39, 0.29) is 11.5 Å². The van der Waals surface area contributed by atoms with Gasteiger partial charge in [-0.15, -0.1) is 0 Å². The normalized spacial score (nSPS) is 10.3. The van der Waals surface area contributed by atoms with Gasteiger partial charge in [-0.3, -0.25) is 0 Å². The van der Waals surface area contributed by atoms with Crippen molar-refractivity contribution in [1.82, 2.24) is 0 Å². The van der Waals surface area contributed by atoms with E-state index in [1.165, 1.54) is 12.1 Å². The topological polar surface area (TPSA) is 29.5 Å². The summed E-state index contributed by atoms with van der Waals surface area (Å²) in [4.78, 5) is 0. The van der Waals surface area contributed by atoms with Crippen LogP contribution in [-0.4, -0.2) is 11.7 Å². The molecule has 1 N–H and O–H groups in total. The average molecular weight is 286 g/mol. The van der Waals surface area contributed by atoms with E-state index >= 15 is 0 Å². The number of aromatic hydroxyl groups is 1. The molecule has 0 aliphatic rings. The summed E-state index contributed by atoms with van der Waals surface area (Å²) in [6, 6.07) is 4.04. The summed E-state index contributed by atoms with van der Waals surface area (Å²) in [5.74, 6) is -0.100. The predicted molar refractivity (Wildman–Crippen MR) is 47.5 cm³/mol. The number of alkyl halides is 2. The van der Waals surface area contributed by atoms with Crippen molar-refractivity contribution in [1.29, 1.82) is 0 Å². The van der Waals surface area contributed by atoms with E-state index in [4.69, 9.17) is 5.11 Å². The zero-order valence-electron chi connectivity index (χ0n) is 5.80. The third-order valence-corrected chi connectivity index (χ3v) is 2.02. The molecule has 1 aromatic carbocycles. The maximum atomic E-state index is 11.7. The number of halogens is 3. The lowest BCUT2D eigenvalue weighted by atomic mass is 10.3. The Labute approximate surface area is 81.3 Å². The molecule has 1 rings (SSSR count). The zero-order valence-corrected chi connectivity index (χ0v) is 7.96. The van der Waals surface area contributed by atoms with Gasteiger partial charge < -0.3 is 9.84 Å². The summed E-state index contributed by atoms with van der Waals surface area (Å²) in [6.07, 6.45) is 0. The van der Waals surface area contributed by atoms with Crippen molar-refractivity contribution in [3.63, 3.8) is 0 Å². The van der Waals surface area contributed by atoms with Crippen molar-refractivity contribution in [3.05, 3.63) is 21.8 Å². The third-order valence-electron chi connectivity index (χ3n) is 1.13. The van der Waals surface area contributed by atoms with Gasteiger partial charge in [-0.05, 0) is 34.7 Å². The largest absolute Gasteiger partial charge is 0.508 e. The highest BCUT2D eigenvalue weighted by Gasteiger charge is 2.08. The molecule has 0 bridgehead atoms. The van der Waals surface area contributed by atoms with Gasteiger partial charge in [0.05, 0.1) is 3.57 Å². The molecule has 0 saturated carbocycles. The Morgan fingerprint density at radius 2 is 2.08 bits per heavy atom.